The van der Waals surface area contributed by atoms with Crippen LogP contribution in [0.3, 0.4) is 0 Å². The van der Waals surface area contributed by atoms with E-state index in [0.717, 1.165) is 25.2 Å². The number of anilines is 2. The zero-order valence-electron chi connectivity index (χ0n) is 20.3. The molecule has 35 heavy (non-hydrogen) atoms. The van der Waals surface area contributed by atoms with Crippen molar-refractivity contribution in [2.45, 2.75) is 38.6 Å². The minimum absolute atomic E-state index is 0.0577. The molecule has 2 aliphatic rings. The number of amides is 2. The average Bonchev–Trinajstić information content (AvgIpc) is 3.25. The van der Waals surface area contributed by atoms with Crippen LogP contribution in [0.4, 0.5) is 21.4 Å². The van der Waals surface area contributed by atoms with Crippen LogP contribution in [-0.2, 0) is 16.0 Å². The molecule has 0 aliphatic carbocycles. The molecule has 2 N–H and O–H groups in total. The van der Waals surface area contributed by atoms with Crippen molar-refractivity contribution in [2.24, 2.45) is 0 Å². The predicted molar refractivity (Wildman–Crippen MR) is 129 cm³/mol. The van der Waals surface area contributed by atoms with E-state index in [0.29, 0.717) is 24.9 Å². The van der Waals surface area contributed by atoms with E-state index in [1.807, 2.05) is 13.8 Å². The summed E-state index contributed by atoms with van der Waals surface area (Å²) in [4.78, 5) is 37.5. The Hall–Kier alpha value is -3.44. The molecule has 11 nitrogen and oxygen atoms in total. The van der Waals surface area contributed by atoms with Crippen molar-refractivity contribution < 1.29 is 24.2 Å². The lowest BCUT2D eigenvalue weighted by molar-refractivity contribution is 0.0881. The van der Waals surface area contributed by atoms with Crippen molar-refractivity contribution >= 4 is 24.0 Å². The predicted octanol–water partition coefficient (Wildman–Crippen LogP) is 2.81. The average molecular weight is 485 g/mol. The summed E-state index contributed by atoms with van der Waals surface area (Å²) in [6.07, 6.45) is 0.114. The highest BCUT2D eigenvalue weighted by Crippen LogP contribution is 2.26. The molecule has 1 aromatic carbocycles. The summed E-state index contributed by atoms with van der Waals surface area (Å²) in [5.74, 6) is 0.878. The zero-order chi connectivity index (χ0) is 24.9. The summed E-state index contributed by atoms with van der Waals surface area (Å²) < 4.78 is 10.6. The molecular weight excluding hydrogens is 452 g/mol. The first-order chi connectivity index (χ1) is 16.9. The molecule has 2 aliphatic heterocycles. The molecule has 0 unspecified atom stereocenters. The lowest BCUT2D eigenvalue weighted by atomic mass is 10.1. The molecule has 11 heteroatoms. The van der Waals surface area contributed by atoms with Gasteiger partial charge in [-0.15, -0.1) is 0 Å². The quantitative estimate of drug-likeness (QED) is 0.583. The Morgan fingerprint density at radius 2 is 1.91 bits per heavy atom. The molecule has 188 valence electrons. The van der Waals surface area contributed by atoms with Gasteiger partial charge in [-0.1, -0.05) is 24.3 Å². The van der Waals surface area contributed by atoms with Gasteiger partial charge in [0.1, 0.15) is 18.5 Å². The van der Waals surface area contributed by atoms with Crippen molar-refractivity contribution in [3.63, 3.8) is 0 Å². The third kappa shape index (κ3) is 5.80. The molecule has 0 saturated carbocycles. The third-order valence-corrected chi connectivity index (χ3v) is 6.58. The van der Waals surface area contributed by atoms with E-state index < -0.39 is 12.2 Å². The first kappa shape index (κ1) is 24.7. The summed E-state index contributed by atoms with van der Waals surface area (Å²) in [5.41, 5.74) is 2.25. The number of nitrogens with one attached hydrogen (secondary N) is 1. The molecule has 0 radical (unpaired) electrons. The Labute approximate surface area is 204 Å². The van der Waals surface area contributed by atoms with Gasteiger partial charge in [-0.3, -0.25) is 9.80 Å². The number of aromatic nitrogens is 2. The zero-order valence-corrected chi connectivity index (χ0v) is 20.3. The maximum Gasteiger partial charge on any atom is 0.416 e. The summed E-state index contributed by atoms with van der Waals surface area (Å²) in [6.45, 7) is 7.48. The number of benzene rings is 1. The lowest BCUT2D eigenvalue weighted by Crippen LogP contribution is -2.47. The second-order valence-corrected chi connectivity index (χ2v) is 8.85. The Kier molecular flexibility index (Phi) is 7.67. The van der Waals surface area contributed by atoms with Gasteiger partial charge in [-0.2, -0.15) is 4.98 Å². The molecule has 2 saturated heterocycles. The highest BCUT2D eigenvalue weighted by Gasteiger charge is 2.39. The van der Waals surface area contributed by atoms with Gasteiger partial charge in [-0.25, -0.2) is 14.6 Å². The van der Waals surface area contributed by atoms with E-state index in [2.05, 4.69) is 44.5 Å². The van der Waals surface area contributed by atoms with Crippen molar-refractivity contribution in [3.05, 3.63) is 47.7 Å². The number of cyclic esters (lactones) is 1. The highest BCUT2D eigenvalue weighted by molar-refractivity contribution is 5.89. The minimum Gasteiger partial charge on any atom is -0.465 e. The number of carbonyl (C=O) groups excluding carboxylic acids is 1. The van der Waals surface area contributed by atoms with Crippen LogP contribution in [0.25, 0.3) is 0 Å². The number of ether oxygens (including phenoxy) is 2. The summed E-state index contributed by atoms with van der Waals surface area (Å²) >= 11 is 0. The number of hydrogen-bond donors (Lipinski definition) is 2. The number of carboxylic acid groups (broad SMARTS) is 1. The first-order valence-electron chi connectivity index (χ1n) is 11.7. The number of hydrogen-bond acceptors (Lipinski definition) is 8. The SMILES string of the molecule is CO[C@H](C)[C@H]1COC(=O)N1c1ccnc(N[C@@H](C)c2ccc(CN3CCN(C(=O)O)CC3)cc2)n1. The van der Waals surface area contributed by atoms with Gasteiger partial charge in [0.05, 0.1) is 12.1 Å². The number of rotatable bonds is 8. The fraction of sp³-hybridized carbons (Fsp3) is 0.500. The van der Waals surface area contributed by atoms with E-state index >= 15 is 0 Å². The number of nitrogens with zero attached hydrogens (tertiary/aromatic N) is 5. The lowest BCUT2D eigenvalue weighted by Gasteiger charge is -2.33. The smallest absolute Gasteiger partial charge is 0.416 e. The van der Waals surface area contributed by atoms with E-state index in [9.17, 15) is 9.59 Å². The first-order valence-corrected chi connectivity index (χ1v) is 11.7. The van der Waals surface area contributed by atoms with Crippen LogP contribution in [0.15, 0.2) is 36.5 Å². The molecule has 2 amide bonds. The van der Waals surface area contributed by atoms with Crippen LogP contribution in [0.1, 0.15) is 31.0 Å². The summed E-state index contributed by atoms with van der Waals surface area (Å²) in [7, 11) is 1.60. The second kappa shape index (κ2) is 10.9. The Morgan fingerprint density at radius 3 is 2.57 bits per heavy atom. The van der Waals surface area contributed by atoms with E-state index in [-0.39, 0.29) is 24.8 Å². The van der Waals surface area contributed by atoms with Gasteiger partial charge < -0.3 is 24.8 Å². The molecule has 3 atom stereocenters. The Morgan fingerprint density at radius 1 is 1.20 bits per heavy atom. The molecule has 0 bridgehead atoms. The van der Waals surface area contributed by atoms with Crippen molar-refractivity contribution in [3.8, 4) is 0 Å². The van der Waals surface area contributed by atoms with Gasteiger partial charge in [0.15, 0.2) is 0 Å². The normalized spacial score (nSPS) is 20.4. The number of carbonyl (C=O) groups is 2. The van der Waals surface area contributed by atoms with Gasteiger partial charge in [-0.05, 0) is 31.0 Å². The molecule has 0 spiro atoms. The van der Waals surface area contributed by atoms with E-state index in [4.69, 9.17) is 14.6 Å². The van der Waals surface area contributed by atoms with Crippen LogP contribution in [-0.4, -0.2) is 89.1 Å². The number of methoxy groups -OCH3 is 1. The second-order valence-electron chi connectivity index (χ2n) is 8.85. The van der Waals surface area contributed by atoms with Crippen LogP contribution in [0.2, 0.25) is 0 Å². The van der Waals surface area contributed by atoms with Crippen LogP contribution < -0.4 is 10.2 Å². The van der Waals surface area contributed by atoms with E-state index in [1.165, 1.54) is 15.4 Å². The van der Waals surface area contributed by atoms with Gasteiger partial charge in [0.2, 0.25) is 5.95 Å². The largest absolute Gasteiger partial charge is 0.465 e. The summed E-state index contributed by atoms with van der Waals surface area (Å²) in [6, 6.07) is 9.68. The fourth-order valence-electron chi connectivity index (χ4n) is 4.30. The van der Waals surface area contributed by atoms with Crippen LogP contribution in [0.5, 0.6) is 0 Å². The van der Waals surface area contributed by atoms with Crippen molar-refractivity contribution in [2.75, 3.05) is 50.1 Å². The Balaban J connectivity index is 1.36. The monoisotopic (exact) mass is 484 g/mol. The maximum absolute atomic E-state index is 12.3. The molecular formula is C24H32N6O5. The minimum atomic E-state index is -0.852. The van der Waals surface area contributed by atoms with Gasteiger partial charge >= 0.3 is 12.2 Å². The number of piperazine rings is 1. The fourth-order valence-corrected chi connectivity index (χ4v) is 4.30. The third-order valence-electron chi connectivity index (χ3n) is 6.58. The Bertz CT molecular complexity index is 1030. The van der Waals surface area contributed by atoms with E-state index in [1.54, 1.807) is 19.4 Å². The molecule has 3 heterocycles. The molecule has 4 rings (SSSR count). The standard InChI is InChI=1S/C24H32N6O5/c1-16(19-6-4-18(5-7-19)14-28-10-12-29(13-11-28)23(31)32)26-22-25-9-8-21(27-22)30-20(17(2)34-3)15-35-24(30)33/h4-9,16-17,20H,10-15H2,1-3H3,(H,31,32)(H,25,26,27)/t16-,17+,20+/m0/s1. The topological polar surface area (TPSA) is 120 Å². The molecule has 2 fully saturated rings. The highest BCUT2D eigenvalue weighted by atomic mass is 16.6. The van der Waals surface area contributed by atoms with Gasteiger partial charge in [0, 0.05) is 46.0 Å². The van der Waals surface area contributed by atoms with Crippen molar-refractivity contribution in [1.29, 1.82) is 0 Å². The summed E-state index contributed by atoms with van der Waals surface area (Å²) in [5, 5.41) is 12.4. The molecule has 2 aromatic rings. The van der Waals surface area contributed by atoms with Crippen LogP contribution >= 0.6 is 0 Å². The maximum atomic E-state index is 12.3. The van der Waals surface area contributed by atoms with Crippen LogP contribution in [0, 0.1) is 0 Å². The van der Waals surface area contributed by atoms with Crippen molar-refractivity contribution in [1.82, 2.24) is 19.8 Å². The molecule has 1 aromatic heterocycles. The van der Waals surface area contributed by atoms with Gasteiger partial charge in [0.25, 0.3) is 0 Å².